The fourth-order valence-electron chi connectivity index (χ4n) is 3.48. The van der Waals surface area contributed by atoms with E-state index in [1.54, 1.807) is 78.9 Å². The van der Waals surface area contributed by atoms with Crippen LogP contribution in [0.2, 0.25) is 0 Å². The van der Waals surface area contributed by atoms with E-state index in [0.29, 0.717) is 33.8 Å². The number of nitrogens with zero attached hydrogens (tertiary/aromatic N) is 4. The Bertz CT molecular complexity index is 1490. The normalized spacial score (nSPS) is 11.1. The van der Waals surface area contributed by atoms with Gasteiger partial charge in [-0.15, -0.1) is 0 Å². The summed E-state index contributed by atoms with van der Waals surface area (Å²) in [4.78, 5) is 41.8. The van der Waals surface area contributed by atoms with Crippen molar-refractivity contribution in [2.45, 2.75) is 6.92 Å². The first-order chi connectivity index (χ1) is 18.3. The number of carbonyl (C=O) groups excluding carboxylic acids is 1. The predicted molar refractivity (Wildman–Crippen MR) is 146 cm³/mol. The molecule has 0 bridgehead atoms. The van der Waals surface area contributed by atoms with Crippen molar-refractivity contribution in [2.24, 2.45) is 0 Å². The molecule has 1 N–H and O–H groups in total. The largest absolute Gasteiger partial charge is 0.324 e. The van der Waals surface area contributed by atoms with Gasteiger partial charge in [-0.25, -0.2) is 9.97 Å². The van der Waals surface area contributed by atoms with Crippen LogP contribution >= 0.6 is 0 Å². The Morgan fingerprint density at radius 3 is 1.68 bits per heavy atom. The molecule has 10 heteroatoms. The number of nitro benzene ring substituents is 2. The molecule has 0 spiro atoms. The lowest BCUT2D eigenvalue weighted by Gasteiger charge is -2.08. The summed E-state index contributed by atoms with van der Waals surface area (Å²) in [6.07, 6.45) is 6.81. The number of anilines is 2. The number of carbonyl (C=O) groups is 1. The maximum Gasteiger partial charge on any atom is 0.270 e. The molecule has 0 radical (unpaired) electrons. The summed E-state index contributed by atoms with van der Waals surface area (Å²) in [7, 11) is 0. The Balaban J connectivity index is 1.67. The highest BCUT2D eigenvalue weighted by Gasteiger charge is 2.07. The Morgan fingerprint density at radius 2 is 1.24 bits per heavy atom. The van der Waals surface area contributed by atoms with Crippen LogP contribution in [0.1, 0.15) is 39.8 Å². The second kappa shape index (κ2) is 11.5. The molecule has 0 aliphatic rings. The number of aromatic nitrogens is 2. The van der Waals surface area contributed by atoms with Gasteiger partial charge in [0.05, 0.1) is 21.2 Å². The summed E-state index contributed by atoms with van der Waals surface area (Å²) in [5.74, 6) is 0.232. The van der Waals surface area contributed by atoms with E-state index in [1.165, 1.54) is 31.2 Å². The van der Waals surface area contributed by atoms with Gasteiger partial charge in [0, 0.05) is 35.5 Å². The van der Waals surface area contributed by atoms with Crippen molar-refractivity contribution in [3.05, 3.63) is 127 Å². The SMILES string of the molecule is CC(=O)c1ccc(Nc2nc(C=Cc3cccc([N+](=O)[O-])c3)cc(C=Cc3cccc([N+](=O)[O-])c3)n2)cc1. The van der Waals surface area contributed by atoms with Crippen molar-refractivity contribution in [1.29, 1.82) is 0 Å². The third-order valence-corrected chi connectivity index (χ3v) is 5.37. The van der Waals surface area contributed by atoms with Crippen LogP contribution in [-0.2, 0) is 0 Å². The molecular weight excluding hydrogens is 486 g/mol. The standard InChI is InChI=1S/C28H21N5O5/c1-19(34)22-10-14-23(15-11-22)29-28-30-24(12-8-20-4-2-6-26(16-20)32(35)36)18-25(31-28)13-9-21-5-3-7-27(17-21)33(37)38/h2-18H,1H3,(H,29,30,31). The fraction of sp³-hybridized carbons (Fsp3) is 0.0357. The minimum absolute atomic E-state index is 0.0215. The second-order valence-electron chi connectivity index (χ2n) is 8.17. The zero-order chi connectivity index (χ0) is 27.1. The van der Waals surface area contributed by atoms with Gasteiger partial charge in [-0.2, -0.15) is 0 Å². The molecule has 0 atom stereocenters. The summed E-state index contributed by atoms with van der Waals surface area (Å²) in [6.45, 7) is 1.49. The first-order valence-corrected chi connectivity index (χ1v) is 11.4. The molecule has 0 saturated carbocycles. The molecule has 0 saturated heterocycles. The number of ketones is 1. The van der Waals surface area contributed by atoms with Gasteiger partial charge in [0.2, 0.25) is 5.95 Å². The number of hydrogen-bond donors (Lipinski definition) is 1. The first-order valence-electron chi connectivity index (χ1n) is 11.4. The first kappa shape index (κ1) is 25.6. The van der Waals surface area contributed by atoms with Crippen LogP contribution in [0.4, 0.5) is 23.0 Å². The van der Waals surface area contributed by atoms with Gasteiger partial charge in [-0.1, -0.05) is 36.4 Å². The maximum atomic E-state index is 11.6. The Hall–Kier alpha value is -5.51. The zero-order valence-corrected chi connectivity index (χ0v) is 20.1. The van der Waals surface area contributed by atoms with Gasteiger partial charge < -0.3 is 5.32 Å². The molecule has 4 rings (SSSR count). The van der Waals surface area contributed by atoms with Crippen molar-refractivity contribution in [3.8, 4) is 0 Å². The fourth-order valence-corrected chi connectivity index (χ4v) is 3.48. The van der Waals surface area contributed by atoms with Gasteiger partial charge in [-0.05, 0) is 60.5 Å². The van der Waals surface area contributed by atoms with E-state index in [2.05, 4.69) is 15.3 Å². The van der Waals surface area contributed by atoms with Crippen LogP contribution in [0, 0.1) is 20.2 Å². The molecule has 0 aliphatic carbocycles. The number of rotatable bonds is 9. The summed E-state index contributed by atoms with van der Waals surface area (Å²) < 4.78 is 0. The molecule has 0 amide bonds. The predicted octanol–water partition coefficient (Wildman–Crippen LogP) is 6.58. The van der Waals surface area contributed by atoms with E-state index < -0.39 is 9.85 Å². The van der Waals surface area contributed by atoms with Crippen LogP contribution in [-0.4, -0.2) is 25.6 Å². The number of benzene rings is 3. The lowest BCUT2D eigenvalue weighted by molar-refractivity contribution is -0.385. The summed E-state index contributed by atoms with van der Waals surface area (Å²) in [6, 6.07) is 21.0. The van der Waals surface area contributed by atoms with Crippen LogP contribution in [0.25, 0.3) is 24.3 Å². The van der Waals surface area contributed by atoms with Crippen molar-refractivity contribution in [2.75, 3.05) is 5.32 Å². The molecule has 0 aliphatic heterocycles. The lowest BCUT2D eigenvalue weighted by Crippen LogP contribution is -2.01. The minimum atomic E-state index is -0.460. The highest BCUT2D eigenvalue weighted by molar-refractivity contribution is 5.94. The van der Waals surface area contributed by atoms with E-state index in [0.717, 1.165) is 0 Å². The molecular formula is C28H21N5O5. The van der Waals surface area contributed by atoms with E-state index in [1.807, 2.05) is 0 Å². The molecule has 0 fully saturated rings. The number of nitrogens with one attached hydrogen (secondary N) is 1. The topological polar surface area (TPSA) is 141 Å². The average Bonchev–Trinajstić information content (AvgIpc) is 2.91. The Kier molecular flexibility index (Phi) is 7.73. The zero-order valence-electron chi connectivity index (χ0n) is 20.1. The molecule has 3 aromatic carbocycles. The lowest BCUT2D eigenvalue weighted by atomic mass is 10.1. The average molecular weight is 508 g/mol. The van der Waals surface area contributed by atoms with Gasteiger partial charge in [0.15, 0.2) is 5.78 Å². The van der Waals surface area contributed by atoms with Crippen molar-refractivity contribution in [3.63, 3.8) is 0 Å². The highest BCUT2D eigenvalue weighted by Crippen LogP contribution is 2.20. The molecule has 0 unspecified atom stereocenters. The van der Waals surface area contributed by atoms with Crippen LogP contribution in [0.3, 0.4) is 0 Å². The van der Waals surface area contributed by atoms with E-state index >= 15 is 0 Å². The number of Topliss-reactive ketones (excluding diaryl/α,β-unsaturated/α-hetero) is 1. The number of hydrogen-bond acceptors (Lipinski definition) is 8. The van der Waals surface area contributed by atoms with Crippen LogP contribution < -0.4 is 5.32 Å². The van der Waals surface area contributed by atoms with Crippen LogP contribution in [0.5, 0.6) is 0 Å². The van der Waals surface area contributed by atoms with E-state index in [-0.39, 0.29) is 23.1 Å². The van der Waals surface area contributed by atoms with Gasteiger partial charge >= 0.3 is 0 Å². The second-order valence-corrected chi connectivity index (χ2v) is 8.17. The van der Waals surface area contributed by atoms with E-state index in [4.69, 9.17) is 0 Å². The summed E-state index contributed by atoms with van der Waals surface area (Å²) in [5.41, 5.74) is 3.50. The molecule has 1 heterocycles. The van der Waals surface area contributed by atoms with Crippen molar-refractivity contribution >= 4 is 53.1 Å². The number of nitro groups is 2. The molecule has 10 nitrogen and oxygen atoms in total. The smallest absolute Gasteiger partial charge is 0.270 e. The highest BCUT2D eigenvalue weighted by atomic mass is 16.6. The van der Waals surface area contributed by atoms with Gasteiger partial charge in [0.1, 0.15) is 0 Å². The quantitative estimate of drug-likeness (QED) is 0.152. The monoisotopic (exact) mass is 507 g/mol. The van der Waals surface area contributed by atoms with E-state index in [9.17, 15) is 25.0 Å². The third-order valence-electron chi connectivity index (χ3n) is 5.37. The molecule has 4 aromatic rings. The Labute approximate surface area is 217 Å². The molecule has 1 aromatic heterocycles. The summed E-state index contributed by atoms with van der Waals surface area (Å²) >= 11 is 0. The van der Waals surface area contributed by atoms with Crippen molar-refractivity contribution < 1.29 is 14.6 Å². The third kappa shape index (κ3) is 6.79. The van der Waals surface area contributed by atoms with Crippen LogP contribution in [0.15, 0.2) is 78.9 Å². The van der Waals surface area contributed by atoms with Gasteiger partial charge in [0.25, 0.3) is 11.4 Å². The molecule has 38 heavy (non-hydrogen) atoms. The summed E-state index contributed by atoms with van der Waals surface area (Å²) in [5, 5.41) is 25.3. The maximum absolute atomic E-state index is 11.6. The Morgan fingerprint density at radius 1 is 0.737 bits per heavy atom. The van der Waals surface area contributed by atoms with Crippen molar-refractivity contribution in [1.82, 2.24) is 9.97 Å². The number of non-ortho nitro benzene ring substituents is 2. The minimum Gasteiger partial charge on any atom is -0.324 e. The van der Waals surface area contributed by atoms with Gasteiger partial charge in [-0.3, -0.25) is 25.0 Å². The molecule has 188 valence electrons.